The first kappa shape index (κ1) is 9.24. The Hall–Kier alpha value is -1.32. The number of H-pyrrole nitrogens is 1. The third-order valence-corrected chi connectivity index (χ3v) is 2.43. The lowest BCUT2D eigenvalue weighted by molar-refractivity contribution is 1.07. The van der Waals surface area contributed by atoms with Crippen LogP contribution in [0.3, 0.4) is 0 Å². The van der Waals surface area contributed by atoms with Crippen LogP contribution in [0.4, 0.5) is 0 Å². The fourth-order valence-corrected chi connectivity index (χ4v) is 1.51. The molecule has 0 atom stereocenters. The second-order valence-electron chi connectivity index (χ2n) is 2.97. The van der Waals surface area contributed by atoms with E-state index in [1.165, 1.54) is 0 Å². The standard InChI is InChI=1S/C10H10ClN3/c11-9-2-1-7(5-8(9)6-12)10-3-4-13-14-10/h1-5H,6,12H2,(H,13,14). The zero-order valence-electron chi connectivity index (χ0n) is 7.50. The Kier molecular flexibility index (Phi) is 2.52. The maximum Gasteiger partial charge on any atom is 0.0920 e. The van der Waals surface area contributed by atoms with Gasteiger partial charge in [-0.05, 0) is 23.8 Å². The van der Waals surface area contributed by atoms with Gasteiger partial charge in [-0.25, -0.2) is 0 Å². The summed E-state index contributed by atoms with van der Waals surface area (Å²) in [6, 6.07) is 7.63. The Morgan fingerprint density at radius 1 is 1.36 bits per heavy atom. The molecule has 0 spiro atoms. The van der Waals surface area contributed by atoms with Crippen molar-refractivity contribution in [2.75, 3.05) is 0 Å². The van der Waals surface area contributed by atoms with Crippen LogP contribution in [0.1, 0.15) is 5.56 Å². The summed E-state index contributed by atoms with van der Waals surface area (Å²) >= 11 is 5.95. The van der Waals surface area contributed by atoms with Gasteiger partial charge in [0.1, 0.15) is 0 Å². The number of rotatable bonds is 2. The van der Waals surface area contributed by atoms with Gasteiger partial charge in [0.15, 0.2) is 0 Å². The fourth-order valence-electron chi connectivity index (χ4n) is 1.31. The minimum Gasteiger partial charge on any atom is -0.326 e. The molecule has 3 N–H and O–H groups in total. The smallest absolute Gasteiger partial charge is 0.0920 e. The molecule has 0 saturated carbocycles. The van der Waals surface area contributed by atoms with E-state index in [1.807, 2.05) is 24.3 Å². The highest BCUT2D eigenvalue weighted by atomic mass is 35.5. The van der Waals surface area contributed by atoms with E-state index in [-0.39, 0.29) is 0 Å². The Labute approximate surface area is 86.9 Å². The Bertz CT molecular complexity index is 423. The van der Waals surface area contributed by atoms with Crippen LogP contribution in [0.2, 0.25) is 5.02 Å². The van der Waals surface area contributed by atoms with Crippen molar-refractivity contribution < 1.29 is 0 Å². The number of hydrogen-bond donors (Lipinski definition) is 2. The van der Waals surface area contributed by atoms with Gasteiger partial charge in [0.2, 0.25) is 0 Å². The number of halogens is 1. The molecular formula is C10H10ClN3. The molecule has 1 heterocycles. The van der Waals surface area contributed by atoms with Crippen LogP contribution in [-0.4, -0.2) is 10.2 Å². The van der Waals surface area contributed by atoms with Crippen molar-refractivity contribution in [3.63, 3.8) is 0 Å². The minimum absolute atomic E-state index is 0.442. The maximum absolute atomic E-state index is 5.95. The summed E-state index contributed by atoms with van der Waals surface area (Å²) in [7, 11) is 0. The predicted octanol–water partition coefficient (Wildman–Crippen LogP) is 2.19. The quantitative estimate of drug-likeness (QED) is 0.793. The van der Waals surface area contributed by atoms with E-state index >= 15 is 0 Å². The lowest BCUT2D eigenvalue weighted by Gasteiger charge is -2.03. The molecule has 1 aromatic carbocycles. The monoisotopic (exact) mass is 207 g/mol. The largest absolute Gasteiger partial charge is 0.326 e. The molecule has 0 saturated heterocycles. The van der Waals surface area contributed by atoms with Crippen molar-refractivity contribution in [2.45, 2.75) is 6.54 Å². The van der Waals surface area contributed by atoms with E-state index in [2.05, 4.69) is 10.2 Å². The summed E-state index contributed by atoms with van der Waals surface area (Å²) in [6.07, 6.45) is 1.78. The van der Waals surface area contributed by atoms with Gasteiger partial charge in [-0.3, -0.25) is 5.10 Å². The van der Waals surface area contributed by atoms with Gasteiger partial charge in [0.05, 0.1) is 5.69 Å². The van der Waals surface area contributed by atoms with E-state index in [1.54, 1.807) is 6.20 Å². The van der Waals surface area contributed by atoms with Crippen LogP contribution in [0, 0.1) is 0 Å². The molecule has 2 aromatic rings. The number of nitrogens with two attached hydrogens (primary N) is 1. The predicted molar refractivity (Wildman–Crippen MR) is 56.9 cm³/mol. The zero-order chi connectivity index (χ0) is 9.97. The van der Waals surface area contributed by atoms with E-state index < -0.39 is 0 Å². The number of aromatic nitrogens is 2. The first-order chi connectivity index (χ1) is 6.81. The second-order valence-corrected chi connectivity index (χ2v) is 3.38. The number of hydrogen-bond acceptors (Lipinski definition) is 2. The van der Waals surface area contributed by atoms with E-state index in [9.17, 15) is 0 Å². The highest BCUT2D eigenvalue weighted by Gasteiger charge is 2.03. The van der Waals surface area contributed by atoms with Crippen molar-refractivity contribution in [3.05, 3.63) is 41.0 Å². The third-order valence-electron chi connectivity index (χ3n) is 2.06. The summed E-state index contributed by atoms with van der Waals surface area (Å²) in [6.45, 7) is 0.442. The van der Waals surface area contributed by atoms with Crippen molar-refractivity contribution in [1.29, 1.82) is 0 Å². The third kappa shape index (κ3) is 1.64. The number of nitrogens with one attached hydrogen (secondary N) is 1. The Balaban J connectivity index is 2.46. The van der Waals surface area contributed by atoms with Gasteiger partial charge in [0.25, 0.3) is 0 Å². The highest BCUT2D eigenvalue weighted by molar-refractivity contribution is 6.31. The summed E-state index contributed by atoms with van der Waals surface area (Å²) in [5.74, 6) is 0. The van der Waals surface area contributed by atoms with E-state index in [0.29, 0.717) is 11.6 Å². The summed E-state index contributed by atoms with van der Waals surface area (Å²) in [5, 5.41) is 7.55. The second kappa shape index (κ2) is 3.82. The van der Waals surface area contributed by atoms with Crippen LogP contribution in [0.25, 0.3) is 11.3 Å². The summed E-state index contributed by atoms with van der Waals surface area (Å²) in [5.41, 5.74) is 8.42. The van der Waals surface area contributed by atoms with Gasteiger partial charge >= 0.3 is 0 Å². The first-order valence-electron chi connectivity index (χ1n) is 4.30. The molecule has 0 unspecified atom stereocenters. The normalized spacial score (nSPS) is 10.4. The average molecular weight is 208 g/mol. The molecule has 0 radical (unpaired) electrons. The van der Waals surface area contributed by atoms with Crippen LogP contribution in [-0.2, 0) is 6.54 Å². The van der Waals surface area contributed by atoms with Crippen molar-refractivity contribution in [2.24, 2.45) is 5.73 Å². The van der Waals surface area contributed by atoms with Crippen LogP contribution in [0.15, 0.2) is 30.5 Å². The molecule has 2 rings (SSSR count). The lowest BCUT2D eigenvalue weighted by atomic mass is 10.1. The molecule has 72 valence electrons. The molecule has 0 amide bonds. The summed E-state index contributed by atoms with van der Waals surface area (Å²) < 4.78 is 0. The van der Waals surface area contributed by atoms with Crippen molar-refractivity contribution in [3.8, 4) is 11.3 Å². The lowest BCUT2D eigenvalue weighted by Crippen LogP contribution is -1.97. The van der Waals surface area contributed by atoms with E-state index in [0.717, 1.165) is 16.8 Å². The minimum atomic E-state index is 0.442. The molecule has 14 heavy (non-hydrogen) atoms. The topological polar surface area (TPSA) is 54.7 Å². The average Bonchev–Trinajstić information content (AvgIpc) is 2.71. The molecule has 0 aliphatic heterocycles. The number of nitrogens with zero attached hydrogens (tertiary/aromatic N) is 1. The Morgan fingerprint density at radius 2 is 2.21 bits per heavy atom. The Morgan fingerprint density at radius 3 is 2.86 bits per heavy atom. The summed E-state index contributed by atoms with van der Waals surface area (Å²) in [4.78, 5) is 0. The zero-order valence-corrected chi connectivity index (χ0v) is 8.25. The number of aromatic amines is 1. The molecule has 4 heteroatoms. The molecule has 0 aliphatic rings. The maximum atomic E-state index is 5.95. The molecule has 0 bridgehead atoms. The first-order valence-corrected chi connectivity index (χ1v) is 4.67. The van der Waals surface area contributed by atoms with Crippen LogP contribution >= 0.6 is 11.6 Å². The van der Waals surface area contributed by atoms with Crippen LogP contribution in [0.5, 0.6) is 0 Å². The van der Waals surface area contributed by atoms with E-state index in [4.69, 9.17) is 17.3 Å². The molecule has 1 aromatic heterocycles. The SMILES string of the molecule is NCc1cc(-c2cc[nH]n2)ccc1Cl. The molecule has 0 aliphatic carbocycles. The van der Waals surface area contributed by atoms with Gasteiger partial charge < -0.3 is 5.73 Å². The van der Waals surface area contributed by atoms with Gasteiger partial charge in [-0.15, -0.1) is 0 Å². The van der Waals surface area contributed by atoms with Gasteiger partial charge in [-0.2, -0.15) is 5.10 Å². The van der Waals surface area contributed by atoms with Crippen LogP contribution < -0.4 is 5.73 Å². The molecule has 3 nitrogen and oxygen atoms in total. The highest BCUT2D eigenvalue weighted by Crippen LogP contribution is 2.23. The molecule has 0 fully saturated rings. The van der Waals surface area contributed by atoms with Gasteiger partial charge in [0, 0.05) is 23.3 Å². The fraction of sp³-hybridized carbons (Fsp3) is 0.100. The van der Waals surface area contributed by atoms with Gasteiger partial charge in [-0.1, -0.05) is 17.7 Å². The van der Waals surface area contributed by atoms with Crippen molar-refractivity contribution >= 4 is 11.6 Å². The molecular weight excluding hydrogens is 198 g/mol. The van der Waals surface area contributed by atoms with Crippen molar-refractivity contribution in [1.82, 2.24) is 10.2 Å². The number of benzene rings is 1.